The summed E-state index contributed by atoms with van der Waals surface area (Å²) in [6, 6.07) is 6.93. The first-order chi connectivity index (χ1) is 9.42. The van der Waals surface area contributed by atoms with Gasteiger partial charge in [-0.3, -0.25) is 0 Å². The van der Waals surface area contributed by atoms with E-state index in [0.717, 1.165) is 12.8 Å². The van der Waals surface area contributed by atoms with Crippen LogP contribution in [0.5, 0.6) is 0 Å². The first kappa shape index (κ1) is 10.1. The van der Waals surface area contributed by atoms with Gasteiger partial charge in [-0.15, -0.1) is 0 Å². The zero-order valence-corrected chi connectivity index (χ0v) is 10.9. The van der Waals surface area contributed by atoms with Crippen molar-refractivity contribution in [2.45, 2.75) is 25.1 Å². The Hall–Kier alpha value is -1.76. The van der Waals surface area contributed by atoms with Gasteiger partial charge in [0.25, 0.3) is 0 Å². The molecule has 2 heterocycles. The monoisotopic (exact) mass is 242 g/mol. The van der Waals surface area contributed by atoms with E-state index in [9.17, 15) is 0 Å². The fourth-order valence-corrected chi connectivity index (χ4v) is 4.47. The van der Waals surface area contributed by atoms with Crippen LogP contribution in [0.1, 0.15) is 17.5 Å². The Bertz CT molecular complexity index is 715. The van der Waals surface area contributed by atoms with Crippen LogP contribution in [-0.4, -0.2) is 6.71 Å². The third-order valence-electron chi connectivity index (χ3n) is 5.23. The van der Waals surface area contributed by atoms with Gasteiger partial charge in [0.2, 0.25) is 6.71 Å². The number of hydrogen-bond donors (Lipinski definition) is 0. The van der Waals surface area contributed by atoms with Crippen molar-refractivity contribution in [2.75, 3.05) is 0 Å². The van der Waals surface area contributed by atoms with Crippen LogP contribution in [-0.2, 0) is 12.8 Å². The highest BCUT2D eigenvalue weighted by Crippen LogP contribution is 2.43. The van der Waals surface area contributed by atoms with Crippen LogP contribution < -0.4 is 5.46 Å². The van der Waals surface area contributed by atoms with Crippen molar-refractivity contribution in [3.05, 3.63) is 76.3 Å². The van der Waals surface area contributed by atoms with Gasteiger partial charge >= 0.3 is 0 Å². The molecule has 5 rings (SSSR count). The van der Waals surface area contributed by atoms with Crippen molar-refractivity contribution < 1.29 is 0 Å². The van der Waals surface area contributed by atoms with Gasteiger partial charge in [-0.25, -0.2) is 0 Å². The maximum Gasteiger partial charge on any atom is 0.216 e. The highest BCUT2D eigenvalue weighted by Gasteiger charge is 2.42. The van der Waals surface area contributed by atoms with Gasteiger partial charge in [0.05, 0.1) is 0 Å². The molecule has 1 heteroatoms. The van der Waals surface area contributed by atoms with Gasteiger partial charge in [0.15, 0.2) is 0 Å². The first-order valence-corrected chi connectivity index (χ1v) is 7.28. The van der Waals surface area contributed by atoms with Gasteiger partial charge in [0, 0.05) is 0 Å². The van der Waals surface area contributed by atoms with E-state index in [1.54, 1.807) is 33.2 Å². The van der Waals surface area contributed by atoms with Crippen LogP contribution in [0.2, 0.25) is 5.82 Å². The molecule has 2 aliphatic heterocycles. The topological polar surface area (TPSA) is 0 Å². The molecular weight excluding hydrogens is 227 g/mol. The summed E-state index contributed by atoms with van der Waals surface area (Å²) in [6.07, 6.45) is 15.2. The molecule has 0 fully saturated rings. The fourth-order valence-electron chi connectivity index (χ4n) is 4.47. The normalized spacial score (nSPS) is 25.4. The van der Waals surface area contributed by atoms with Crippen molar-refractivity contribution >= 4 is 12.2 Å². The minimum atomic E-state index is 0.628. The predicted molar refractivity (Wildman–Crippen MR) is 81.0 cm³/mol. The van der Waals surface area contributed by atoms with E-state index >= 15 is 0 Å². The van der Waals surface area contributed by atoms with Crippen LogP contribution in [0.3, 0.4) is 0 Å². The summed E-state index contributed by atoms with van der Waals surface area (Å²) < 4.78 is 0. The minimum absolute atomic E-state index is 0.628. The average molecular weight is 242 g/mol. The van der Waals surface area contributed by atoms with E-state index in [1.165, 1.54) is 6.42 Å². The summed E-state index contributed by atoms with van der Waals surface area (Å²) >= 11 is 0. The molecule has 0 aromatic heterocycles. The molecular formula is C18H15B. The van der Waals surface area contributed by atoms with E-state index in [-0.39, 0.29) is 0 Å². The van der Waals surface area contributed by atoms with E-state index in [1.807, 2.05) is 0 Å². The second kappa shape index (κ2) is 3.42. The molecule has 4 aliphatic rings. The predicted octanol–water partition coefficient (Wildman–Crippen LogP) is 3.16. The Morgan fingerprint density at radius 2 is 2.00 bits per heavy atom. The third kappa shape index (κ3) is 1.21. The Kier molecular flexibility index (Phi) is 1.81. The van der Waals surface area contributed by atoms with E-state index in [4.69, 9.17) is 0 Å². The van der Waals surface area contributed by atoms with Gasteiger partial charge in [-0.2, -0.15) is 0 Å². The highest BCUT2D eigenvalue weighted by molar-refractivity contribution is 6.83. The standard InChI is InChI=1S/C18H15B/c1-6-14-10-12-4-2-8-16(12)19-17-9-3-5-13(17)11-15(7-1)18(14)19/h1-8,16H,9-11H2. The maximum atomic E-state index is 2.42. The lowest BCUT2D eigenvalue weighted by Gasteiger charge is -2.36. The summed E-state index contributed by atoms with van der Waals surface area (Å²) in [5, 5.41) is 0. The molecule has 19 heavy (non-hydrogen) atoms. The Balaban J connectivity index is 1.81. The average Bonchev–Trinajstić information content (AvgIpc) is 3.05. The Morgan fingerprint density at radius 1 is 1.11 bits per heavy atom. The lowest BCUT2D eigenvalue weighted by Crippen LogP contribution is -2.47. The summed E-state index contributed by atoms with van der Waals surface area (Å²) in [4.78, 5) is 0. The highest BCUT2D eigenvalue weighted by atomic mass is 14.3. The van der Waals surface area contributed by atoms with Crippen LogP contribution in [0.4, 0.5) is 0 Å². The largest absolute Gasteiger partial charge is 0.216 e. The van der Waals surface area contributed by atoms with Gasteiger partial charge in [-0.1, -0.05) is 70.7 Å². The quantitative estimate of drug-likeness (QED) is 0.613. The molecule has 0 amide bonds. The first-order valence-electron chi connectivity index (χ1n) is 7.28. The van der Waals surface area contributed by atoms with Gasteiger partial charge < -0.3 is 0 Å². The van der Waals surface area contributed by atoms with Crippen molar-refractivity contribution in [3.8, 4) is 0 Å². The summed E-state index contributed by atoms with van der Waals surface area (Å²) in [7, 11) is 0. The SMILES string of the molecule is C1=CC2B3C4=C(C=CC4)Cc4cccc(c43)CC2=C1. The van der Waals surface area contributed by atoms with Crippen molar-refractivity contribution in [1.82, 2.24) is 0 Å². The molecule has 0 radical (unpaired) electrons. The van der Waals surface area contributed by atoms with E-state index in [0.29, 0.717) is 12.5 Å². The van der Waals surface area contributed by atoms with Crippen LogP contribution in [0.25, 0.3) is 0 Å². The molecule has 0 N–H and O–H groups in total. The summed E-state index contributed by atoms with van der Waals surface area (Å²) in [5.74, 6) is 0.638. The molecule has 0 nitrogen and oxygen atoms in total. The molecule has 1 aromatic rings. The van der Waals surface area contributed by atoms with Crippen molar-refractivity contribution in [2.24, 2.45) is 0 Å². The van der Waals surface area contributed by atoms with Gasteiger partial charge in [-0.05, 0) is 36.2 Å². The molecule has 1 unspecified atom stereocenters. The van der Waals surface area contributed by atoms with Crippen LogP contribution >= 0.6 is 0 Å². The fraction of sp³-hybridized carbons (Fsp3) is 0.222. The van der Waals surface area contributed by atoms with E-state index in [2.05, 4.69) is 48.6 Å². The molecule has 0 bridgehead atoms. The van der Waals surface area contributed by atoms with Crippen molar-refractivity contribution in [3.63, 3.8) is 0 Å². The minimum Gasteiger partial charge on any atom is -0.0874 e. The molecule has 1 aromatic carbocycles. The molecule has 90 valence electrons. The molecule has 2 aliphatic carbocycles. The van der Waals surface area contributed by atoms with Crippen LogP contribution in [0.15, 0.2) is 65.2 Å². The molecule has 0 saturated carbocycles. The third-order valence-corrected chi connectivity index (χ3v) is 5.23. The summed E-state index contributed by atoms with van der Waals surface area (Å²) in [5.41, 5.74) is 9.73. The lowest BCUT2D eigenvalue weighted by atomic mass is 9.27. The molecule has 1 atom stereocenters. The number of fused-ring (bicyclic) bond motifs is 3. The zero-order chi connectivity index (χ0) is 12.4. The zero-order valence-electron chi connectivity index (χ0n) is 10.9. The summed E-state index contributed by atoms with van der Waals surface area (Å²) in [6.45, 7) is 0.628. The Labute approximate surface area is 114 Å². The molecule has 0 spiro atoms. The maximum absolute atomic E-state index is 2.42. The second-order valence-corrected chi connectivity index (χ2v) is 6.13. The second-order valence-electron chi connectivity index (χ2n) is 6.13. The number of rotatable bonds is 0. The number of benzene rings is 1. The van der Waals surface area contributed by atoms with E-state index < -0.39 is 0 Å². The number of hydrogen-bond acceptors (Lipinski definition) is 0. The van der Waals surface area contributed by atoms with Crippen molar-refractivity contribution in [1.29, 1.82) is 0 Å². The van der Waals surface area contributed by atoms with Gasteiger partial charge in [0.1, 0.15) is 0 Å². The van der Waals surface area contributed by atoms with Crippen LogP contribution in [0, 0.1) is 0 Å². The smallest absolute Gasteiger partial charge is 0.0874 e. The Morgan fingerprint density at radius 3 is 2.95 bits per heavy atom. The molecule has 0 saturated heterocycles. The lowest BCUT2D eigenvalue weighted by molar-refractivity contribution is 1.02. The number of allylic oxidation sites excluding steroid dienone is 8.